The number of benzene rings is 1. The maximum absolute atomic E-state index is 13.1. The summed E-state index contributed by atoms with van der Waals surface area (Å²) in [5.74, 6) is -0.421. The van der Waals surface area contributed by atoms with Crippen molar-refractivity contribution in [3.05, 3.63) is 71.4 Å². The van der Waals surface area contributed by atoms with Crippen LogP contribution >= 0.6 is 0 Å². The van der Waals surface area contributed by atoms with E-state index < -0.39 is 5.97 Å². The number of carbonyl (C=O) groups excluding carboxylic acids is 1. The fraction of sp³-hybridized carbons (Fsp3) is 0.118. The van der Waals surface area contributed by atoms with Gasteiger partial charge in [0.15, 0.2) is 11.6 Å². The van der Waals surface area contributed by atoms with E-state index in [9.17, 15) is 9.18 Å². The van der Waals surface area contributed by atoms with Crippen LogP contribution in [0, 0.1) is 5.82 Å². The molecule has 1 aromatic heterocycles. The van der Waals surface area contributed by atoms with Gasteiger partial charge in [0.05, 0.1) is 5.69 Å². The monoisotopic (exact) mass is 296 g/mol. The van der Waals surface area contributed by atoms with Gasteiger partial charge in [-0.05, 0) is 42.3 Å². The second-order valence-corrected chi connectivity index (χ2v) is 4.81. The van der Waals surface area contributed by atoms with Crippen molar-refractivity contribution in [2.45, 2.75) is 12.8 Å². The summed E-state index contributed by atoms with van der Waals surface area (Å²) in [4.78, 5) is 20.0. The van der Waals surface area contributed by atoms with Gasteiger partial charge in [-0.3, -0.25) is 4.98 Å². The topological polar surface area (TPSA) is 51.5 Å². The summed E-state index contributed by atoms with van der Waals surface area (Å²) in [6.45, 7) is 0. The summed E-state index contributed by atoms with van der Waals surface area (Å²) in [6.07, 6.45) is 4.22. The molecule has 0 bridgehead atoms. The van der Waals surface area contributed by atoms with Gasteiger partial charge in [-0.15, -0.1) is 0 Å². The van der Waals surface area contributed by atoms with Gasteiger partial charge in [0, 0.05) is 12.6 Å². The summed E-state index contributed by atoms with van der Waals surface area (Å²) in [6, 6.07) is 11.7. The molecule has 4 nitrogen and oxygen atoms in total. The number of aliphatic imine (C=N–C) groups is 1. The first-order valence-electron chi connectivity index (χ1n) is 6.87. The minimum atomic E-state index is -0.486. The maximum atomic E-state index is 13.1. The molecule has 0 amide bonds. The number of carbonyl (C=O) groups is 1. The molecule has 2 aromatic rings. The Morgan fingerprint density at radius 3 is 2.82 bits per heavy atom. The molecule has 0 spiro atoms. The molecule has 110 valence electrons. The van der Waals surface area contributed by atoms with E-state index in [1.165, 1.54) is 12.1 Å². The van der Waals surface area contributed by atoms with Crippen LogP contribution in [0.2, 0.25) is 0 Å². The number of rotatable bonds is 4. The van der Waals surface area contributed by atoms with Gasteiger partial charge in [0.2, 0.25) is 0 Å². The number of pyridine rings is 1. The number of ether oxygens (including phenoxy) is 1. The van der Waals surface area contributed by atoms with Crippen LogP contribution in [-0.4, -0.2) is 16.9 Å². The van der Waals surface area contributed by atoms with E-state index in [2.05, 4.69) is 9.98 Å². The highest BCUT2D eigenvalue weighted by molar-refractivity contribution is 6.07. The molecule has 0 saturated carbocycles. The first-order chi connectivity index (χ1) is 10.7. The van der Waals surface area contributed by atoms with E-state index in [4.69, 9.17) is 4.74 Å². The van der Waals surface area contributed by atoms with Crippen LogP contribution in [0.3, 0.4) is 0 Å². The van der Waals surface area contributed by atoms with Gasteiger partial charge in [0.25, 0.3) is 0 Å². The highest BCUT2D eigenvalue weighted by atomic mass is 19.1. The highest BCUT2D eigenvalue weighted by Crippen LogP contribution is 2.17. The third-order valence-corrected chi connectivity index (χ3v) is 3.15. The Morgan fingerprint density at radius 2 is 2.05 bits per heavy atom. The molecule has 1 aliphatic rings. The zero-order chi connectivity index (χ0) is 15.4. The fourth-order valence-corrected chi connectivity index (χ4v) is 2.11. The largest absolute Gasteiger partial charge is 0.407 e. The van der Waals surface area contributed by atoms with Crippen molar-refractivity contribution >= 4 is 17.9 Å². The first kappa shape index (κ1) is 14.1. The van der Waals surface area contributed by atoms with Crippen LogP contribution in [0.5, 0.6) is 0 Å². The van der Waals surface area contributed by atoms with Crippen molar-refractivity contribution in [3.8, 4) is 0 Å². The predicted molar refractivity (Wildman–Crippen MR) is 80.5 cm³/mol. The number of aromatic nitrogens is 1. The number of hydrogen-bond acceptors (Lipinski definition) is 4. The Balaban J connectivity index is 1.69. The highest BCUT2D eigenvalue weighted by Gasteiger charge is 2.22. The van der Waals surface area contributed by atoms with Crippen LogP contribution in [0.4, 0.5) is 4.39 Å². The van der Waals surface area contributed by atoms with Gasteiger partial charge < -0.3 is 4.74 Å². The van der Waals surface area contributed by atoms with Crippen molar-refractivity contribution < 1.29 is 13.9 Å². The van der Waals surface area contributed by atoms with E-state index >= 15 is 0 Å². The SMILES string of the molecule is O=C1OC(CCc2cccc(F)c2)=N/C1=C/c1ccccn1. The Kier molecular flexibility index (Phi) is 4.05. The first-order valence-corrected chi connectivity index (χ1v) is 6.87. The standard InChI is InChI=1S/C17H13FN2O2/c18-13-5-3-4-12(10-13)7-8-16-20-15(17(21)22-16)11-14-6-1-2-9-19-14/h1-6,9-11H,7-8H2/b15-11+. The summed E-state index contributed by atoms with van der Waals surface area (Å²) >= 11 is 0. The lowest BCUT2D eigenvalue weighted by atomic mass is 10.1. The molecule has 0 aliphatic carbocycles. The smallest absolute Gasteiger partial charge is 0.363 e. The van der Waals surface area contributed by atoms with Crippen molar-refractivity contribution in [3.63, 3.8) is 0 Å². The molecular formula is C17H13FN2O2. The molecule has 0 fully saturated rings. The lowest BCUT2D eigenvalue weighted by molar-refractivity contribution is -0.130. The van der Waals surface area contributed by atoms with E-state index in [1.54, 1.807) is 30.5 Å². The van der Waals surface area contributed by atoms with Gasteiger partial charge >= 0.3 is 5.97 Å². The zero-order valence-corrected chi connectivity index (χ0v) is 11.7. The maximum Gasteiger partial charge on any atom is 0.363 e. The summed E-state index contributed by atoms with van der Waals surface area (Å²) < 4.78 is 18.2. The molecule has 3 rings (SSSR count). The van der Waals surface area contributed by atoms with Gasteiger partial charge in [-0.2, -0.15) is 0 Å². The van der Waals surface area contributed by atoms with Crippen molar-refractivity contribution in [2.24, 2.45) is 4.99 Å². The average Bonchev–Trinajstić information content (AvgIpc) is 2.87. The molecule has 1 aromatic carbocycles. The molecule has 0 N–H and O–H groups in total. The molecule has 1 aliphatic heterocycles. The van der Waals surface area contributed by atoms with Crippen LogP contribution < -0.4 is 0 Å². The third-order valence-electron chi connectivity index (χ3n) is 3.15. The number of aryl methyl sites for hydroxylation is 1. The van der Waals surface area contributed by atoms with Crippen LogP contribution in [0.25, 0.3) is 6.08 Å². The molecule has 0 saturated heterocycles. The zero-order valence-electron chi connectivity index (χ0n) is 11.7. The minimum absolute atomic E-state index is 0.230. The molecule has 22 heavy (non-hydrogen) atoms. The molecule has 0 radical (unpaired) electrons. The van der Waals surface area contributed by atoms with E-state index in [0.717, 1.165) is 5.56 Å². The number of hydrogen-bond donors (Lipinski definition) is 0. The summed E-state index contributed by atoms with van der Waals surface area (Å²) in [7, 11) is 0. The Morgan fingerprint density at radius 1 is 1.14 bits per heavy atom. The lowest BCUT2D eigenvalue weighted by Crippen LogP contribution is -2.05. The predicted octanol–water partition coefficient (Wildman–Crippen LogP) is 3.15. The fourth-order valence-electron chi connectivity index (χ4n) is 2.11. The second-order valence-electron chi connectivity index (χ2n) is 4.81. The minimum Gasteiger partial charge on any atom is -0.407 e. The van der Waals surface area contributed by atoms with Crippen LogP contribution in [-0.2, 0) is 16.0 Å². The molecular weight excluding hydrogens is 283 g/mol. The molecule has 0 atom stereocenters. The molecule has 0 unspecified atom stereocenters. The Bertz CT molecular complexity index is 754. The Labute approximate surface area is 127 Å². The molecule has 2 heterocycles. The summed E-state index contributed by atoms with van der Waals surface area (Å²) in [5, 5.41) is 0. The van der Waals surface area contributed by atoms with Crippen LogP contribution in [0.15, 0.2) is 59.4 Å². The summed E-state index contributed by atoms with van der Waals surface area (Å²) in [5.41, 5.74) is 1.71. The average molecular weight is 296 g/mol. The number of cyclic esters (lactones) is 1. The number of nitrogens with zero attached hydrogens (tertiary/aromatic N) is 2. The van der Waals surface area contributed by atoms with Gasteiger partial charge in [0.1, 0.15) is 5.82 Å². The third kappa shape index (κ3) is 3.44. The van der Waals surface area contributed by atoms with Crippen LogP contribution in [0.1, 0.15) is 17.7 Å². The van der Waals surface area contributed by atoms with E-state index in [-0.39, 0.29) is 11.5 Å². The Hall–Kier alpha value is -2.82. The van der Waals surface area contributed by atoms with Gasteiger partial charge in [-0.1, -0.05) is 18.2 Å². The number of esters is 1. The number of halogens is 1. The second kappa shape index (κ2) is 6.30. The van der Waals surface area contributed by atoms with Crippen molar-refractivity contribution in [1.29, 1.82) is 0 Å². The van der Waals surface area contributed by atoms with Crippen molar-refractivity contribution in [2.75, 3.05) is 0 Å². The van der Waals surface area contributed by atoms with E-state index in [1.807, 2.05) is 12.1 Å². The normalized spacial score (nSPS) is 15.8. The van der Waals surface area contributed by atoms with Crippen molar-refractivity contribution in [1.82, 2.24) is 4.98 Å². The lowest BCUT2D eigenvalue weighted by Gasteiger charge is -2.00. The molecule has 5 heteroatoms. The van der Waals surface area contributed by atoms with E-state index in [0.29, 0.717) is 24.4 Å². The van der Waals surface area contributed by atoms with Gasteiger partial charge in [-0.25, -0.2) is 14.2 Å². The quantitative estimate of drug-likeness (QED) is 0.643.